The zero-order chi connectivity index (χ0) is 25.3. The van der Waals surface area contributed by atoms with Crippen molar-refractivity contribution in [3.05, 3.63) is 80.2 Å². The average Bonchev–Trinajstić information content (AvgIpc) is 2.84. The van der Waals surface area contributed by atoms with E-state index in [9.17, 15) is 19.2 Å². The molecule has 3 aromatic heterocycles. The number of amides is 2. The molecule has 0 aliphatic carbocycles. The van der Waals surface area contributed by atoms with Crippen LogP contribution in [-0.2, 0) is 16.2 Å². The number of aromatic nitrogens is 3. The van der Waals surface area contributed by atoms with Crippen molar-refractivity contribution in [3.8, 4) is 11.4 Å². The lowest BCUT2D eigenvalue weighted by Crippen LogP contribution is -2.50. The minimum absolute atomic E-state index is 0.172. The van der Waals surface area contributed by atoms with E-state index in [1.165, 1.54) is 23.0 Å². The van der Waals surface area contributed by atoms with E-state index in [1.54, 1.807) is 30.3 Å². The molecule has 0 saturated carbocycles. The van der Waals surface area contributed by atoms with Gasteiger partial charge in [0.1, 0.15) is 23.9 Å². The topological polar surface area (TPSA) is 126 Å². The minimum Gasteiger partial charge on any atom is -0.487 e. The molecule has 2 saturated heterocycles. The fourth-order valence-electron chi connectivity index (χ4n) is 4.79. The summed E-state index contributed by atoms with van der Waals surface area (Å²) in [5, 5.41) is 2.89. The van der Waals surface area contributed by atoms with Crippen molar-refractivity contribution in [2.75, 3.05) is 18.0 Å². The fraction of sp³-hybridized carbons (Fsp3) is 0.320. The fourth-order valence-corrected chi connectivity index (χ4v) is 4.90. The number of nitrogens with one attached hydrogen (secondary N) is 2. The van der Waals surface area contributed by atoms with Crippen LogP contribution in [0.3, 0.4) is 0 Å². The molecule has 3 aromatic rings. The number of anilines is 1. The lowest BCUT2D eigenvalue weighted by atomic mass is 9.71. The van der Waals surface area contributed by atoms with Gasteiger partial charge in [0.25, 0.3) is 11.1 Å². The zero-order valence-electron chi connectivity index (χ0n) is 19.3. The highest BCUT2D eigenvalue weighted by atomic mass is 35.5. The number of pyridine rings is 3. The number of hydrogen-bond donors (Lipinski definition) is 2. The molecule has 0 aromatic carbocycles. The molecule has 2 N–H and O–H groups in total. The van der Waals surface area contributed by atoms with Crippen LogP contribution in [0.15, 0.2) is 58.4 Å². The Kier molecular flexibility index (Phi) is 6.36. The number of hydrogen-bond acceptors (Lipinski definition) is 7. The summed E-state index contributed by atoms with van der Waals surface area (Å²) < 4.78 is 6.89. The van der Waals surface area contributed by atoms with Gasteiger partial charge >= 0.3 is 0 Å². The van der Waals surface area contributed by atoms with Gasteiger partial charge in [0.05, 0.1) is 10.7 Å². The second kappa shape index (κ2) is 9.62. The lowest BCUT2D eigenvalue weighted by Gasteiger charge is -2.43. The molecular weight excluding hydrogens is 486 g/mol. The zero-order valence-corrected chi connectivity index (χ0v) is 20.1. The van der Waals surface area contributed by atoms with Crippen molar-refractivity contribution in [2.24, 2.45) is 5.41 Å². The molecule has 0 radical (unpaired) electrons. The Balaban J connectivity index is 1.26. The molecule has 1 spiro atoms. The van der Waals surface area contributed by atoms with E-state index >= 15 is 0 Å². The predicted octanol–water partition coefficient (Wildman–Crippen LogP) is 2.18. The number of halogens is 1. The van der Waals surface area contributed by atoms with Crippen LogP contribution in [0.1, 0.15) is 31.4 Å². The molecule has 186 valence electrons. The number of rotatable bonds is 5. The number of carbonyl (C=O) groups is 2. The van der Waals surface area contributed by atoms with Gasteiger partial charge in [-0.25, -0.2) is 0 Å². The second-order valence-corrected chi connectivity index (χ2v) is 9.63. The quantitative estimate of drug-likeness (QED) is 0.505. The maximum absolute atomic E-state index is 12.8. The summed E-state index contributed by atoms with van der Waals surface area (Å²) in [4.78, 5) is 58.3. The number of nitrogens with zero attached hydrogens (tertiary/aromatic N) is 3. The molecule has 5 rings (SSSR count). The third-order valence-electron chi connectivity index (χ3n) is 6.71. The number of piperidine rings is 2. The standard InChI is InChI=1S/C25H24ClN5O5/c26-16-1-2-17(27-14-16)15-36-18-5-8-31(23(34)11-18)19-3-4-20(28-24(19)35)30-9-6-25(7-10-30)12-21(32)29-22(33)13-25/h1-5,8,11,14H,6-7,9-10,12-13,15H2,(H,28,35)(H,29,32,33). The van der Waals surface area contributed by atoms with Crippen molar-refractivity contribution in [1.82, 2.24) is 19.9 Å². The van der Waals surface area contributed by atoms with E-state index in [0.29, 0.717) is 61.1 Å². The Morgan fingerprint density at radius 2 is 1.75 bits per heavy atom. The number of imide groups is 1. The molecule has 2 fully saturated rings. The van der Waals surface area contributed by atoms with Gasteiger partial charge in [0.2, 0.25) is 11.8 Å². The molecule has 5 heterocycles. The van der Waals surface area contributed by atoms with Crippen molar-refractivity contribution >= 4 is 29.2 Å². The van der Waals surface area contributed by atoms with Gasteiger partial charge in [0, 0.05) is 44.4 Å². The first kappa shape index (κ1) is 23.8. The summed E-state index contributed by atoms with van der Waals surface area (Å²) >= 11 is 5.83. The third-order valence-corrected chi connectivity index (χ3v) is 6.94. The van der Waals surface area contributed by atoms with E-state index in [2.05, 4.69) is 15.3 Å². The van der Waals surface area contributed by atoms with Crippen LogP contribution in [0.5, 0.6) is 5.75 Å². The predicted molar refractivity (Wildman–Crippen MR) is 133 cm³/mol. The van der Waals surface area contributed by atoms with Crippen molar-refractivity contribution in [1.29, 1.82) is 0 Å². The SMILES string of the molecule is O=C1CC2(CCN(c3ccc(-n4ccc(OCc5ccc(Cl)cn5)cc4=O)c(=O)[nH]3)CC2)CC(=O)N1. The van der Waals surface area contributed by atoms with E-state index in [-0.39, 0.29) is 29.5 Å². The van der Waals surface area contributed by atoms with Crippen LogP contribution < -0.4 is 26.1 Å². The molecule has 11 heteroatoms. The van der Waals surface area contributed by atoms with Crippen LogP contribution in [0.2, 0.25) is 5.02 Å². The van der Waals surface area contributed by atoms with Gasteiger partial charge in [-0.05, 0) is 48.6 Å². The summed E-state index contributed by atoms with van der Waals surface area (Å²) in [6, 6.07) is 9.73. The monoisotopic (exact) mass is 509 g/mol. The normalized spacial score (nSPS) is 17.2. The summed E-state index contributed by atoms with van der Waals surface area (Å²) in [6.45, 7) is 1.40. The number of carbonyl (C=O) groups excluding carboxylic acids is 2. The Morgan fingerprint density at radius 1 is 1.00 bits per heavy atom. The van der Waals surface area contributed by atoms with Gasteiger partial charge in [-0.15, -0.1) is 0 Å². The first-order valence-electron chi connectivity index (χ1n) is 11.6. The average molecular weight is 510 g/mol. The Hall–Kier alpha value is -3.92. The second-order valence-electron chi connectivity index (χ2n) is 9.20. The summed E-state index contributed by atoms with van der Waals surface area (Å²) in [6.07, 6.45) is 5.07. The van der Waals surface area contributed by atoms with E-state index < -0.39 is 11.1 Å². The number of aromatic amines is 1. The Morgan fingerprint density at radius 3 is 2.39 bits per heavy atom. The molecule has 2 amide bonds. The van der Waals surface area contributed by atoms with Gasteiger partial charge in [-0.3, -0.25) is 34.0 Å². The largest absolute Gasteiger partial charge is 0.487 e. The molecule has 0 unspecified atom stereocenters. The van der Waals surface area contributed by atoms with Gasteiger partial charge < -0.3 is 14.6 Å². The number of H-pyrrole nitrogens is 1. The van der Waals surface area contributed by atoms with Crippen LogP contribution in [-0.4, -0.2) is 39.4 Å². The van der Waals surface area contributed by atoms with Crippen molar-refractivity contribution < 1.29 is 14.3 Å². The first-order valence-corrected chi connectivity index (χ1v) is 12.0. The molecule has 10 nitrogen and oxygen atoms in total. The molecule has 0 bridgehead atoms. The Bertz CT molecular complexity index is 1410. The molecule has 0 atom stereocenters. The molecule has 36 heavy (non-hydrogen) atoms. The van der Waals surface area contributed by atoms with Gasteiger partial charge in [0.15, 0.2) is 0 Å². The summed E-state index contributed by atoms with van der Waals surface area (Å²) in [7, 11) is 0. The number of ether oxygens (including phenoxy) is 1. The smallest absolute Gasteiger partial charge is 0.273 e. The highest BCUT2D eigenvalue weighted by Crippen LogP contribution is 2.40. The highest BCUT2D eigenvalue weighted by molar-refractivity contribution is 6.30. The van der Waals surface area contributed by atoms with Crippen LogP contribution >= 0.6 is 11.6 Å². The molecule has 2 aliphatic heterocycles. The highest BCUT2D eigenvalue weighted by Gasteiger charge is 2.42. The molecule has 2 aliphatic rings. The van der Waals surface area contributed by atoms with Crippen molar-refractivity contribution in [2.45, 2.75) is 32.3 Å². The molecular formula is C25H24ClN5O5. The Labute approximate surface area is 210 Å². The van der Waals surface area contributed by atoms with Crippen molar-refractivity contribution in [3.63, 3.8) is 0 Å². The van der Waals surface area contributed by atoms with Crippen LogP contribution in [0.25, 0.3) is 5.69 Å². The first-order chi connectivity index (χ1) is 17.3. The maximum atomic E-state index is 12.8. The summed E-state index contributed by atoms with van der Waals surface area (Å²) in [5.74, 6) is 0.550. The van der Waals surface area contributed by atoms with E-state index in [4.69, 9.17) is 16.3 Å². The maximum Gasteiger partial charge on any atom is 0.273 e. The van der Waals surface area contributed by atoms with Crippen LogP contribution in [0, 0.1) is 5.41 Å². The van der Waals surface area contributed by atoms with Crippen LogP contribution in [0.4, 0.5) is 5.82 Å². The minimum atomic E-state index is -0.407. The third kappa shape index (κ3) is 5.03. The van der Waals surface area contributed by atoms with E-state index in [0.717, 1.165) is 0 Å². The van der Waals surface area contributed by atoms with E-state index in [1.807, 2.05) is 4.90 Å². The lowest BCUT2D eigenvalue weighted by molar-refractivity contribution is -0.138. The van der Waals surface area contributed by atoms with Gasteiger partial charge in [-0.1, -0.05) is 11.6 Å². The van der Waals surface area contributed by atoms with Gasteiger partial charge in [-0.2, -0.15) is 0 Å². The summed E-state index contributed by atoms with van der Waals surface area (Å²) in [5.41, 5.74) is -0.261.